The van der Waals surface area contributed by atoms with Crippen molar-refractivity contribution < 1.29 is 0 Å². The summed E-state index contributed by atoms with van der Waals surface area (Å²) < 4.78 is 0. The topological polar surface area (TPSA) is 36.4 Å². The molecule has 0 saturated carbocycles. The van der Waals surface area contributed by atoms with Gasteiger partial charge in [-0.2, -0.15) is 16.9 Å². The van der Waals surface area contributed by atoms with Crippen molar-refractivity contribution in [1.82, 2.24) is 5.43 Å². The number of anilines is 1. The molecular formula is C13H17N3S2. The monoisotopic (exact) mass is 279 g/mol. The molecule has 1 saturated heterocycles. The van der Waals surface area contributed by atoms with Crippen LogP contribution in [0.25, 0.3) is 0 Å². The van der Waals surface area contributed by atoms with E-state index in [-0.39, 0.29) is 0 Å². The molecule has 2 rings (SSSR count). The summed E-state index contributed by atoms with van der Waals surface area (Å²) in [6.07, 6.45) is 1.06. The molecule has 96 valence electrons. The molecule has 0 unspecified atom stereocenters. The summed E-state index contributed by atoms with van der Waals surface area (Å²) in [5.41, 5.74) is 7.60. The molecule has 0 radical (unpaired) electrons. The molecule has 0 aliphatic carbocycles. The van der Waals surface area contributed by atoms with Gasteiger partial charge < -0.3 is 5.32 Å². The Labute approximate surface area is 117 Å². The van der Waals surface area contributed by atoms with Crippen LogP contribution in [0.5, 0.6) is 0 Å². The van der Waals surface area contributed by atoms with E-state index < -0.39 is 0 Å². The van der Waals surface area contributed by atoms with Crippen LogP contribution in [0.1, 0.15) is 17.5 Å². The highest BCUT2D eigenvalue weighted by Crippen LogP contribution is 2.18. The smallest absolute Gasteiger partial charge is 0.191 e. The van der Waals surface area contributed by atoms with Gasteiger partial charge in [-0.25, -0.2) is 0 Å². The van der Waals surface area contributed by atoms with Crippen LogP contribution in [-0.4, -0.2) is 22.3 Å². The highest BCUT2D eigenvalue weighted by atomic mass is 32.2. The summed E-state index contributed by atoms with van der Waals surface area (Å²) in [6.45, 7) is 4.17. The third-order valence-electron chi connectivity index (χ3n) is 2.97. The van der Waals surface area contributed by atoms with E-state index in [9.17, 15) is 0 Å². The normalized spacial score (nSPS) is 16.9. The van der Waals surface area contributed by atoms with Crippen molar-refractivity contribution in [1.29, 1.82) is 0 Å². The maximum absolute atomic E-state index is 5.24. The molecule has 1 aromatic carbocycles. The first kappa shape index (κ1) is 13.4. The Morgan fingerprint density at radius 2 is 2.22 bits per heavy atom. The third kappa shape index (κ3) is 3.46. The molecule has 0 atom stereocenters. The standard InChI is InChI=1S/C13H17N3S2/c1-9-4-3-5-12(10(9)2)14-13(17)16-15-11-6-7-18-8-11/h3-5H,6-8H2,1-2H3,(H2,14,16,17)/b15-11+. The van der Waals surface area contributed by atoms with Crippen LogP contribution < -0.4 is 10.7 Å². The summed E-state index contributed by atoms with van der Waals surface area (Å²) in [5.74, 6) is 2.18. The number of nitrogens with zero attached hydrogens (tertiary/aromatic N) is 1. The lowest BCUT2D eigenvalue weighted by molar-refractivity contribution is 1.02. The molecule has 1 heterocycles. The van der Waals surface area contributed by atoms with E-state index in [1.54, 1.807) is 0 Å². The van der Waals surface area contributed by atoms with E-state index in [0.717, 1.165) is 23.6 Å². The summed E-state index contributed by atoms with van der Waals surface area (Å²) in [4.78, 5) is 0. The number of hydrazone groups is 1. The van der Waals surface area contributed by atoms with E-state index in [0.29, 0.717) is 5.11 Å². The van der Waals surface area contributed by atoms with E-state index in [4.69, 9.17) is 12.2 Å². The Hall–Kier alpha value is -1.07. The van der Waals surface area contributed by atoms with Crippen molar-refractivity contribution in [2.75, 3.05) is 16.8 Å². The lowest BCUT2D eigenvalue weighted by atomic mass is 10.1. The van der Waals surface area contributed by atoms with Gasteiger partial charge in [0.1, 0.15) is 0 Å². The van der Waals surface area contributed by atoms with E-state index in [1.165, 1.54) is 16.8 Å². The van der Waals surface area contributed by atoms with Crippen molar-refractivity contribution in [2.24, 2.45) is 5.10 Å². The summed E-state index contributed by atoms with van der Waals surface area (Å²) >= 11 is 7.15. The van der Waals surface area contributed by atoms with Crippen molar-refractivity contribution in [2.45, 2.75) is 20.3 Å². The predicted molar refractivity (Wildman–Crippen MR) is 84.6 cm³/mol. The summed E-state index contributed by atoms with van der Waals surface area (Å²) in [5, 5.41) is 8.04. The second-order valence-corrected chi connectivity index (χ2v) is 5.81. The van der Waals surface area contributed by atoms with Gasteiger partial charge in [-0.3, -0.25) is 5.43 Å². The fourth-order valence-corrected chi connectivity index (χ4v) is 2.83. The van der Waals surface area contributed by atoms with Crippen molar-refractivity contribution in [3.05, 3.63) is 29.3 Å². The number of thiocarbonyl (C=S) groups is 1. The average molecular weight is 279 g/mol. The predicted octanol–water partition coefficient (Wildman–Crippen LogP) is 3.08. The summed E-state index contributed by atoms with van der Waals surface area (Å²) in [7, 11) is 0. The molecule has 0 spiro atoms. The van der Waals surface area contributed by atoms with Crippen LogP contribution in [0.15, 0.2) is 23.3 Å². The largest absolute Gasteiger partial charge is 0.331 e. The number of rotatable bonds is 2. The van der Waals surface area contributed by atoms with Crippen LogP contribution in [0, 0.1) is 13.8 Å². The van der Waals surface area contributed by atoms with Gasteiger partial charge in [-0.15, -0.1) is 0 Å². The number of nitrogens with one attached hydrogen (secondary N) is 2. The van der Waals surface area contributed by atoms with Gasteiger partial charge in [0.05, 0.1) is 0 Å². The first-order valence-corrected chi connectivity index (χ1v) is 7.49. The number of hydrogen-bond donors (Lipinski definition) is 2. The van der Waals surface area contributed by atoms with Gasteiger partial charge in [-0.05, 0) is 55.4 Å². The number of aryl methyl sites for hydroxylation is 1. The molecule has 0 aromatic heterocycles. The Kier molecular flexibility index (Phi) is 4.60. The van der Waals surface area contributed by atoms with Crippen LogP contribution in [-0.2, 0) is 0 Å². The van der Waals surface area contributed by atoms with Crippen LogP contribution in [0.2, 0.25) is 0 Å². The Morgan fingerprint density at radius 1 is 1.39 bits per heavy atom. The molecular weight excluding hydrogens is 262 g/mol. The van der Waals surface area contributed by atoms with Crippen LogP contribution in [0.4, 0.5) is 5.69 Å². The van der Waals surface area contributed by atoms with E-state index >= 15 is 0 Å². The summed E-state index contributed by atoms with van der Waals surface area (Å²) in [6, 6.07) is 6.13. The quantitative estimate of drug-likeness (QED) is 0.644. The number of benzene rings is 1. The molecule has 0 amide bonds. The second-order valence-electron chi connectivity index (χ2n) is 4.29. The van der Waals surface area contributed by atoms with Gasteiger partial charge in [0.15, 0.2) is 5.11 Å². The fourth-order valence-electron chi connectivity index (χ4n) is 1.71. The van der Waals surface area contributed by atoms with Gasteiger partial charge in [0, 0.05) is 17.2 Å². The zero-order valence-electron chi connectivity index (χ0n) is 10.6. The SMILES string of the molecule is Cc1cccc(NC(=S)N/N=C2\CCSC2)c1C. The van der Waals surface area contributed by atoms with Crippen LogP contribution >= 0.6 is 24.0 Å². The molecule has 0 bridgehead atoms. The highest BCUT2D eigenvalue weighted by Gasteiger charge is 2.08. The molecule has 2 N–H and O–H groups in total. The second kappa shape index (κ2) is 6.20. The van der Waals surface area contributed by atoms with Crippen molar-refractivity contribution in [3.63, 3.8) is 0 Å². The Morgan fingerprint density at radius 3 is 2.94 bits per heavy atom. The fraction of sp³-hybridized carbons (Fsp3) is 0.385. The van der Waals surface area contributed by atoms with Gasteiger partial charge in [0.2, 0.25) is 0 Å². The first-order chi connectivity index (χ1) is 8.66. The lowest BCUT2D eigenvalue weighted by Crippen LogP contribution is -2.25. The molecule has 1 aromatic rings. The van der Waals surface area contributed by atoms with Gasteiger partial charge in [0.25, 0.3) is 0 Å². The molecule has 1 fully saturated rings. The minimum Gasteiger partial charge on any atom is -0.331 e. The maximum atomic E-state index is 5.24. The number of hydrogen-bond acceptors (Lipinski definition) is 3. The number of thioether (sulfide) groups is 1. The van der Waals surface area contributed by atoms with Crippen molar-refractivity contribution >= 4 is 40.5 Å². The Balaban J connectivity index is 1.94. The molecule has 1 aliphatic rings. The maximum Gasteiger partial charge on any atom is 0.191 e. The molecule has 18 heavy (non-hydrogen) atoms. The van der Waals surface area contributed by atoms with Crippen LogP contribution in [0.3, 0.4) is 0 Å². The third-order valence-corrected chi connectivity index (χ3v) is 4.20. The molecule has 3 nitrogen and oxygen atoms in total. The van der Waals surface area contributed by atoms with E-state index in [1.807, 2.05) is 23.9 Å². The van der Waals surface area contributed by atoms with Crippen molar-refractivity contribution in [3.8, 4) is 0 Å². The average Bonchev–Trinajstić information content (AvgIpc) is 2.86. The zero-order chi connectivity index (χ0) is 13.0. The minimum atomic E-state index is 0.549. The van der Waals surface area contributed by atoms with Gasteiger partial charge in [-0.1, -0.05) is 12.1 Å². The molecule has 5 heteroatoms. The minimum absolute atomic E-state index is 0.549. The Bertz CT molecular complexity index is 475. The highest BCUT2D eigenvalue weighted by molar-refractivity contribution is 8.00. The van der Waals surface area contributed by atoms with Gasteiger partial charge >= 0.3 is 0 Å². The molecule has 1 aliphatic heterocycles. The first-order valence-electron chi connectivity index (χ1n) is 5.93. The lowest BCUT2D eigenvalue weighted by Gasteiger charge is -2.11. The zero-order valence-corrected chi connectivity index (χ0v) is 12.3. The van der Waals surface area contributed by atoms with E-state index in [2.05, 4.69) is 35.8 Å².